The lowest BCUT2D eigenvalue weighted by Gasteiger charge is -2.18. The number of amides is 1. The van der Waals surface area contributed by atoms with Crippen LogP contribution in [-0.2, 0) is 4.79 Å². The molecule has 0 aliphatic rings. The standard InChI is InChI=1S/C20H27N3O3/c1-5-13(3)15-7-9-16(10-8-15)18(6-2)22-19(24)17-11-21-23(12-17)14(4)20(25)26/h7-14,18H,5-6H2,1-4H3,(H,22,24)(H,25,26). The van der Waals surface area contributed by atoms with Gasteiger partial charge in [0.15, 0.2) is 0 Å². The highest BCUT2D eigenvalue weighted by atomic mass is 16.4. The third-order valence-electron chi connectivity index (χ3n) is 4.85. The number of carbonyl (C=O) groups excluding carboxylic acids is 1. The number of aromatic nitrogens is 2. The zero-order valence-corrected chi connectivity index (χ0v) is 15.8. The predicted octanol–water partition coefficient (Wildman–Crippen LogP) is 3.92. The Morgan fingerprint density at radius 2 is 1.73 bits per heavy atom. The molecule has 26 heavy (non-hydrogen) atoms. The lowest BCUT2D eigenvalue weighted by molar-refractivity contribution is -0.140. The quantitative estimate of drug-likeness (QED) is 0.750. The number of hydrogen-bond donors (Lipinski definition) is 2. The van der Waals surface area contributed by atoms with E-state index in [2.05, 4.69) is 48.5 Å². The van der Waals surface area contributed by atoms with Crippen LogP contribution in [0.25, 0.3) is 0 Å². The van der Waals surface area contributed by atoms with Crippen LogP contribution in [0, 0.1) is 0 Å². The molecule has 2 aromatic rings. The average molecular weight is 357 g/mol. The van der Waals surface area contributed by atoms with E-state index in [1.807, 2.05) is 6.92 Å². The van der Waals surface area contributed by atoms with Gasteiger partial charge in [0.2, 0.25) is 0 Å². The molecule has 2 rings (SSSR count). The SMILES string of the molecule is CCC(C)c1ccc(C(CC)NC(=O)c2cnn(C(C)C(=O)O)c2)cc1. The maximum absolute atomic E-state index is 12.5. The van der Waals surface area contributed by atoms with Crippen molar-refractivity contribution in [3.05, 3.63) is 53.3 Å². The molecule has 6 nitrogen and oxygen atoms in total. The van der Waals surface area contributed by atoms with Gasteiger partial charge in [-0.25, -0.2) is 4.79 Å². The van der Waals surface area contributed by atoms with Gasteiger partial charge in [0.05, 0.1) is 17.8 Å². The Kier molecular flexibility index (Phi) is 6.55. The molecule has 1 heterocycles. The van der Waals surface area contributed by atoms with E-state index in [9.17, 15) is 9.59 Å². The zero-order chi connectivity index (χ0) is 19.3. The van der Waals surface area contributed by atoms with Crippen molar-refractivity contribution in [2.75, 3.05) is 0 Å². The second kappa shape index (κ2) is 8.65. The Bertz CT molecular complexity index is 752. The number of carbonyl (C=O) groups is 2. The summed E-state index contributed by atoms with van der Waals surface area (Å²) in [6.07, 6.45) is 4.71. The Balaban J connectivity index is 2.09. The first-order chi connectivity index (χ1) is 12.4. The third kappa shape index (κ3) is 4.50. The van der Waals surface area contributed by atoms with Gasteiger partial charge in [0.25, 0.3) is 5.91 Å². The van der Waals surface area contributed by atoms with Crippen molar-refractivity contribution < 1.29 is 14.7 Å². The summed E-state index contributed by atoms with van der Waals surface area (Å²) in [6.45, 7) is 7.90. The van der Waals surface area contributed by atoms with Gasteiger partial charge >= 0.3 is 5.97 Å². The van der Waals surface area contributed by atoms with Crippen molar-refractivity contribution in [2.24, 2.45) is 0 Å². The van der Waals surface area contributed by atoms with Crippen molar-refractivity contribution in [3.8, 4) is 0 Å². The van der Waals surface area contributed by atoms with Crippen molar-refractivity contribution >= 4 is 11.9 Å². The maximum Gasteiger partial charge on any atom is 0.328 e. The number of nitrogens with zero attached hydrogens (tertiary/aromatic N) is 2. The molecule has 0 bridgehead atoms. The monoisotopic (exact) mass is 357 g/mol. The molecule has 0 radical (unpaired) electrons. The largest absolute Gasteiger partial charge is 0.480 e. The number of carboxylic acids is 1. The molecule has 0 saturated carbocycles. The van der Waals surface area contributed by atoms with Crippen LogP contribution in [0.1, 0.15) is 80.0 Å². The summed E-state index contributed by atoms with van der Waals surface area (Å²) >= 11 is 0. The van der Waals surface area contributed by atoms with Crippen molar-refractivity contribution in [1.29, 1.82) is 0 Å². The van der Waals surface area contributed by atoms with E-state index in [1.54, 1.807) is 0 Å². The van der Waals surface area contributed by atoms with Crippen molar-refractivity contribution in [3.63, 3.8) is 0 Å². The Hall–Kier alpha value is -2.63. The number of rotatable bonds is 8. The van der Waals surface area contributed by atoms with Gasteiger partial charge in [-0.2, -0.15) is 5.10 Å². The summed E-state index contributed by atoms with van der Waals surface area (Å²) in [4.78, 5) is 23.5. The Labute approximate surface area is 154 Å². The molecule has 0 aliphatic carbocycles. The van der Waals surface area contributed by atoms with Gasteiger partial charge in [0, 0.05) is 6.20 Å². The maximum atomic E-state index is 12.5. The van der Waals surface area contributed by atoms with Gasteiger partial charge in [-0.15, -0.1) is 0 Å². The molecule has 0 fully saturated rings. The second-order valence-electron chi connectivity index (χ2n) is 6.63. The van der Waals surface area contributed by atoms with E-state index in [1.165, 1.54) is 29.6 Å². The van der Waals surface area contributed by atoms with Crippen LogP contribution < -0.4 is 5.32 Å². The Morgan fingerprint density at radius 3 is 2.27 bits per heavy atom. The van der Waals surface area contributed by atoms with Gasteiger partial charge in [0.1, 0.15) is 6.04 Å². The molecule has 2 N–H and O–H groups in total. The number of hydrogen-bond acceptors (Lipinski definition) is 3. The van der Waals surface area contributed by atoms with Crippen LogP contribution in [0.3, 0.4) is 0 Å². The number of benzene rings is 1. The van der Waals surface area contributed by atoms with Gasteiger partial charge in [-0.1, -0.05) is 45.0 Å². The molecule has 140 valence electrons. The fourth-order valence-electron chi connectivity index (χ4n) is 2.74. The van der Waals surface area contributed by atoms with Crippen LogP contribution in [0.4, 0.5) is 0 Å². The highest BCUT2D eigenvalue weighted by Crippen LogP contribution is 2.23. The van der Waals surface area contributed by atoms with E-state index >= 15 is 0 Å². The van der Waals surface area contributed by atoms with E-state index in [4.69, 9.17) is 5.11 Å². The van der Waals surface area contributed by atoms with E-state index < -0.39 is 12.0 Å². The van der Waals surface area contributed by atoms with Gasteiger partial charge in [-0.3, -0.25) is 9.48 Å². The molecule has 1 aromatic carbocycles. The summed E-state index contributed by atoms with van der Waals surface area (Å²) in [5.41, 5.74) is 2.70. The van der Waals surface area contributed by atoms with Crippen LogP contribution in [0.15, 0.2) is 36.7 Å². The topological polar surface area (TPSA) is 84.2 Å². The van der Waals surface area contributed by atoms with E-state index in [0.29, 0.717) is 11.5 Å². The Morgan fingerprint density at radius 1 is 1.12 bits per heavy atom. The summed E-state index contributed by atoms with van der Waals surface area (Å²) in [5, 5.41) is 16.0. The first-order valence-electron chi connectivity index (χ1n) is 9.05. The fourth-order valence-corrected chi connectivity index (χ4v) is 2.74. The molecule has 3 unspecified atom stereocenters. The third-order valence-corrected chi connectivity index (χ3v) is 4.85. The summed E-state index contributed by atoms with van der Waals surface area (Å²) < 4.78 is 1.28. The number of carboxylic acid groups (broad SMARTS) is 1. The molecular weight excluding hydrogens is 330 g/mol. The van der Waals surface area contributed by atoms with E-state index in [-0.39, 0.29) is 11.9 Å². The normalized spacial score (nSPS) is 14.5. The minimum Gasteiger partial charge on any atom is -0.480 e. The van der Waals surface area contributed by atoms with E-state index in [0.717, 1.165) is 18.4 Å². The molecule has 0 saturated heterocycles. The molecular formula is C20H27N3O3. The first-order valence-corrected chi connectivity index (χ1v) is 9.05. The molecule has 1 aromatic heterocycles. The predicted molar refractivity (Wildman–Crippen MR) is 100 cm³/mol. The minimum atomic E-state index is -0.993. The number of nitrogens with one attached hydrogen (secondary N) is 1. The first kappa shape index (κ1) is 19.7. The summed E-state index contributed by atoms with van der Waals surface area (Å²) in [7, 11) is 0. The highest BCUT2D eigenvalue weighted by Gasteiger charge is 2.19. The zero-order valence-electron chi connectivity index (χ0n) is 15.8. The minimum absolute atomic E-state index is 0.103. The molecule has 0 aliphatic heterocycles. The fraction of sp³-hybridized carbons (Fsp3) is 0.450. The lowest BCUT2D eigenvalue weighted by atomic mass is 9.95. The lowest BCUT2D eigenvalue weighted by Crippen LogP contribution is -2.28. The van der Waals surface area contributed by atoms with Crippen LogP contribution in [0.2, 0.25) is 0 Å². The van der Waals surface area contributed by atoms with Crippen LogP contribution in [0.5, 0.6) is 0 Å². The molecule has 3 atom stereocenters. The smallest absolute Gasteiger partial charge is 0.328 e. The average Bonchev–Trinajstić information content (AvgIpc) is 3.14. The summed E-state index contributed by atoms with van der Waals surface area (Å²) in [6, 6.07) is 7.44. The summed E-state index contributed by atoms with van der Waals surface area (Å²) in [5.74, 6) is -0.736. The molecule has 6 heteroatoms. The van der Waals surface area contributed by atoms with Crippen molar-refractivity contribution in [1.82, 2.24) is 15.1 Å². The van der Waals surface area contributed by atoms with Crippen LogP contribution >= 0.6 is 0 Å². The van der Waals surface area contributed by atoms with Gasteiger partial charge in [-0.05, 0) is 36.8 Å². The van der Waals surface area contributed by atoms with Gasteiger partial charge < -0.3 is 10.4 Å². The molecule has 1 amide bonds. The highest BCUT2D eigenvalue weighted by molar-refractivity contribution is 5.94. The van der Waals surface area contributed by atoms with Crippen molar-refractivity contribution in [2.45, 2.75) is 58.5 Å². The second-order valence-corrected chi connectivity index (χ2v) is 6.63. The van der Waals surface area contributed by atoms with Crippen LogP contribution in [-0.4, -0.2) is 26.8 Å². The molecule has 0 spiro atoms. The number of aliphatic carboxylic acids is 1.